The molecule has 1 aliphatic rings. The van der Waals surface area contributed by atoms with Crippen molar-refractivity contribution in [3.63, 3.8) is 0 Å². The zero-order chi connectivity index (χ0) is 20.6. The van der Waals surface area contributed by atoms with Crippen molar-refractivity contribution >= 4 is 16.3 Å². The Morgan fingerprint density at radius 1 is 0.654 bits per heavy atom. The Labute approximate surface area is 165 Å². The minimum Gasteiger partial charge on any atom is -0.477 e. The molecule has 0 amide bonds. The lowest BCUT2D eigenvalue weighted by atomic mass is 10.1. The summed E-state index contributed by atoms with van der Waals surface area (Å²) in [5.74, 6) is 1.04. The first-order valence-electron chi connectivity index (χ1n) is 9.63. The number of allylic oxidation sites excluding steroid dienone is 1. The van der Waals surface area contributed by atoms with Crippen molar-refractivity contribution in [2.75, 3.05) is 0 Å². The molecule has 0 aromatic carbocycles. The monoisotopic (exact) mass is 399 g/mol. The lowest BCUT2D eigenvalue weighted by Crippen LogP contribution is -2.27. The van der Waals surface area contributed by atoms with E-state index in [0.717, 1.165) is 18.3 Å². The molecule has 0 bridgehead atoms. The van der Waals surface area contributed by atoms with Crippen LogP contribution in [0.25, 0.3) is 0 Å². The molecule has 0 saturated carbocycles. The molecule has 0 saturated heterocycles. The normalized spacial score (nSPS) is 17.8. The molecule has 0 aliphatic heterocycles. The van der Waals surface area contributed by atoms with Crippen molar-refractivity contribution in [1.29, 1.82) is 0 Å². The highest BCUT2D eigenvalue weighted by atomic mass is 31.1. The third kappa shape index (κ3) is 7.26. The van der Waals surface area contributed by atoms with E-state index >= 15 is 0 Å². The summed E-state index contributed by atoms with van der Waals surface area (Å²) in [6.45, 7) is 27.3. The van der Waals surface area contributed by atoms with Crippen molar-refractivity contribution in [1.82, 2.24) is 0 Å². The molecule has 0 spiro atoms. The predicted molar refractivity (Wildman–Crippen MR) is 120 cm³/mol. The summed E-state index contributed by atoms with van der Waals surface area (Å²) in [5.41, 5.74) is 0. The Balaban J connectivity index is 3.00. The van der Waals surface area contributed by atoms with E-state index in [4.69, 9.17) is 9.05 Å². The zero-order valence-electron chi connectivity index (χ0n) is 19.2. The van der Waals surface area contributed by atoms with Crippen LogP contribution in [0.4, 0.5) is 0 Å². The van der Waals surface area contributed by atoms with Crippen LogP contribution < -0.4 is 0 Å². The van der Waals surface area contributed by atoms with E-state index in [1.165, 1.54) is 0 Å². The smallest absolute Gasteiger partial charge is 0.149 e. The number of rotatable bonds is 4. The van der Waals surface area contributed by atoms with Gasteiger partial charge >= 0.3 is 0 Å². The molecule has 0 atom stereocenters. The Kier molecular flexibility index (Phi) is 7.64. The number of hydrogen-bond acceptors (Lipinski definition) is 2. The van der Waals surface area contributed by atoms with E-state index in [1.807, 2.05) is 0 Å². The van der Waals surface area contributed by atoms with Crippen molar-refractivity contribution in [2.45, 2.75) is 110 Å². The summed E-state index contributed by atoms with van der Waals surface area (Å²) in [7, 11) is -1.25. The van der Waals surface area contributed by atoms with Gasteiger partial charge in [0.2, 0.25) is 0 Å². The van der Waals surface area contributed by atoms with Crippen LogP contribution in [-0.4, -0.2) is 20.6 Å². The Hall–Kier alpha value is 0.100. The van der Waals surface area contributed by atoms with Gasteiger partial charge in [-0.05, 0) is 12.2 Å². The molecule has 1 rings (SSSR count). The van der Waals surface area contributed by atoms with Crippen LogP contribution in [-0.2, 0) is 9.05 Å². The molecule has 0 heterocycles. The molecule has 2 nitrogen and oxygen atoms in total. The standard InChI is InChI=1S/C22H41O2P2/c1-19(2,3)25(20(4,5)6)23-17-14-13-15-18(16-17)24-26(21(7,8)9)22(10,11)12/h13-14,16H,15H2,1-12H3. The van der Waals surface area contributed by atoms with Gasteiger partial charge in [0.1, 0.15) is 11.9 Å². The van der Waals surface area contributed by atoms with E-state index in [0.29, 0.717) is 0 Å². The first kappa shape index (κ1) is 24.1. The molecular formula is C22H41O2P2. The average molecular weight is 400 g/mol. The second kappa shape index (κ2) is 8.23. The molecular weight excluding hydrogens is 358 g/mol. The highest BCUT2D eigenvalue weighted by molar-refractivity contribution is 7.56. The van der Waals surface area contributed by atoms with Gasteiger partial charge in [0, 0.05) is 35.2 Å². The maximum absolute atomic E-state index is 6.58. The molecule has 1 aliphatic carbocycles. The van der Waals surface area contributed by atoms with Crippen LogP contribution in [0.1, 0.15) is 89.5 Å². The van der Waals surface area contributed by atoms with Crippen molar-refractivity contribution in [3.05, 3.63) is 30.1 Å². The highest BCUT2D eigenvalue weighted by Gasteiger charge is 2.40. The van der Waals surface area contributed by atoms with Gasteiger partial charge in [-0.3, -0.25) is 0 Å². The first-order chi connectivity index (χ1) is 11.4. The van der Waals surface area contributed by atoms with Crippen LogP contribution in [0.5, 0.6) is 0 Å². The molecule has 0 aromatic rings. The van der Waals surface area contributed by atoms with Crippen molar-refractivity contribution in [3.8, 4) is 0 Å². The summed E-state index contributed by atoms with van der Waals surface area (Å²) in [6, 6.07) is 0. The molecule has 0 N–H and O–H groups in total. The van der Waals surface area contributed by atoms with Crippen molar-refractivity contribution < 1.29 is 9.05 Å². The second-order valence-corrected chi connectivity index (χ2v) is 18.0. The van der Waals surface area contributed by atoms with Gasteiger partial charge in [-0.25, -0.2) is 0 Å². The Morgan fingerprint density at radius 2 is 1.04 bits per heavy atom. The molecule has 0 fully saturated rings. The van der Waals surface area contributed by atoms with Crippen LogP contribution in [0.3, 0.4) is 0 Å². The lowest BCUT2D eigenvalue weighted by Gasteiger charge is -2.42. The predicted octanol–water partition coefficient (Wildman–Crippen LogP) is 8.38. The summed E-state index contributed by atoms with van der Waals surface area (Å²) in [5, 5.41) is 0.536. The van der Waals surface area contributed by atoms with Gasteiger partial charge in [-0.2, -0.15) is 0 Å². The number of hydrogen-bond donors (Lipinski definition) is 0. The third-order valence-corrected chi connectivity index (χ3v) is 9.43. The fourth-order valence-electron chi connectivity index (χ4n) is 3.46. The molecule has 1 radical (unpaired) electrons. The maximum atomic E-state index is 6.58. The topological polar surface area (TPSA) is 18.5 Å². The van der Waals surface area contributed by atoms with Crippen molar-refractivity contribution in [2.24, 2.45) is 0 Å². The van der Waals surface area contributed by atoms with E-state index in [1.54, 1.807) is 0 Å². The quantitative estimate of drug-likeness (QED) is 0.442. The van der Waals surface area contributed by atoms with Gasteiger partial charge < -0.3 is 9.05 Å². The minimum absolute atomic E-state index is 0.129. The Morgan fingerprint density at radius 3 is 1.42 bits per heavy atom. The van der Waals surface area contributed by atoms with Gasteiger partial charge in [-0.1, -0.05) is 89.2 Å². The third-order valence-electron chi connectivity index (χ3n) is 3.75. The second-order valence-electron chi connectivity index (χ2n) is 11.1. The summed E-state index contributed by atoms with van der Waals surface area (Å²) in [6.07, 6.45) is 8.19. The van der Waals surface area contributed by atoms with E-state index in [9.17, 15) is 0 Å². The van der Waals surface area contributed by atoms with Gasteiger partial charge in [0.05, 0.1) is 8.15 Å². The molecule has 4 heteroatoms. The zero-order valence-corrected chi connectivity index (χ0v) is 20.9. The fraction of sp³-hybridized carbons (Fsp3) is 0.773. The first-order valence-corrected chi connectivity index (χ1v) is 12.1. The fourth-order valence-corrected chi connectivity index (χ4v) is 9.27. The lowest BCUT2D eigenvalue weighted by molar-refractivity contribution is 0.370. The molecule has 0 unspecified atom stereocenters. The molecule has 151 valence electrons. The van der Waals surface area contributed by atoms with E-state index in [-0.39, 0.29) is 20.6 Å². The molecule has 0 aromatic heterocycles. The highest BCUT2D eigenvalue weighted by Crippen LogP contribution is 2.63. The van der Waals surface area contributed by atoms with Crippen LogP contribution >= 0.6 is 16.3 Å². The van der Waals surface area contributed by atoms with Crippen LogP contribution in [0.2, 0.25) is 0 Å². The van der Waals surface area contributed by atoms with Gasteiger partial charge in [0.25, 0.3) is 0 Å². The van der Waals surface area contributed by atoms with Gasteiger partial charge in [-0.15, -0.1) is 0 Å². The minimum atomic E-state index is -0.633. The van der Waals surface area contributed by atoms with E-state index in [2.05, 4.69) is 101 Å². The van der Waals surface area contributed by atoms with E-state index < -0.39 is 16.3 Å². The van der Waals surface area contributed by atoms with Crippen LogP contribution in [0.15, 0.2) is 24.0 Å². The molecule has 26 heavy (non-hydrogen) atoms. The maximum Gasteiger partial charge on any atom is 0.149 e. The average Bonchev–Trinajstić information content (AvgIpc) is 2.37. The summed E-state index contributed by atoms with van der Waals surface area (Å²) < 4.78 is 13.1. The SMILES string of the molecule is CC(C)(C)P(O[C]1C=CCC(OP(C(C)(C)C)C(C)(C)C)=C1)C(C)(C)C. The largest absolute Gasteiger partial charge is 0.477 e. The Bertz CT molecular complexity index is 494. The summed E-state index contributed by atoms with van der Waals surface area (Å²) >= 11 is 0. The van der Waals surface area contributed by atoms with Crippen LogP contribution in [0, 0.1) is 6.10 Å². The summed E-state index contributed by atoms with van der Waals surface area (Å²) in [4.78, 5) is 0. The van der Waals surface area contributed by atoms with Gasteiger partial charge in [0.15, 0.2) is 0 Å².